The summed E-state index contributed by atoms with van der Waals surface area (Å²) >= 11 is 0. The quantitative estimate of drug-likeness (QED) is 0.797. The molecule has 16 heavy (non-hydrogen) atoms. The number of rotatable bonds is 5. The van der Waals surface area contributed by atoms with Crippen molar-refractivity contribution in [1.29, 1.82) is 0 Å². The van der Waals surface area contributed by atoms with Gasteiger partial charge < -0.3 is 15.7 Å². The van der Waals surface area contributed by atoms with Crippen molar-refractivity contribution < 1.29 is 5.11 Å². The zero-order valence-corrected chi connectivity index (χ0v) is 10.4. The lowest BCUT2D eigenvalue weighted by Crippen LogP contribution is -2.31. The van der Waals surface area contributed by atoms with E-state index < -0.39 is 5.60 Å². The third-order valence-electron chi connectivity index (χ3n) is 3.02. The molecule has 3 N–H and O–H groups in total. The van der Waals surface area contributed by atoms with Gasteiger partial charge in [-0.15, -0.1) is 0 Å². The van der Waals surface area contributed by atoms with Crippen LogP contribution >= 0.6 is 0 Å². The molecular formula is C13H22N2O. The lowest BCUT2D eigenvalue weighted by molar-refractivity contribution is 0.0668. The third-order valence-corrected chi connectivity index (χ3v) is 3.02. The molecule has 0 amide bonds. The van der Waals surface area contributed by atoms with Crippen LogP contribution in [0.2, 0.25) is 0 Å². The first-order valence-corrected chi connectivity index (χ1v) is 5.83. The Morgan fingerprint density at radius 2 is 1.69 bits per heavy atom. The van der Waals surface area contributed by atoms with Crippen LogP contribution in [0, 0.1) is 0 Å². The third kappa shape index (κ3) is 2.74. The van der Waals surface area contributed by atoms with Crippen LogP contribution in [0.1, 0.15) is 26.3 Å². The summed E-state index contributed by atoms with van der Waals surface area (Å²) in [4.78, 5) is 2.26. The van der Waals surface area contributed by atoms with Gasteiger partial charge in [-0.1, -0.05) is 12.1 Å². The summed E-state index contributed by atoms with van der Waals surface area (Å²) in [6.45, 7) is 8.21. The minimum Gasteiger partial charge on any atom is -0.384 e. The van der Waals surface area contributed by atoms with E-state index in [0.717, 1.165) is 18.7 Å². The first-order chi connectivity index (χ1) is 7.55. The standard InChI is InChI=1S/C13H22N2O/c1-4-15(5-2)12-8-6-11(7-9-12)13(3,16)10-14/h6-9,16H,4-5,10,14H2,1-3H3. The fraction of sp³-hybridized carbons (Fsp3) is 0.538. The molecule has 0 aliphatic rings. The Balaban J connectivity index is 2.90. The molecule has 3 nitrogen and oxygen atoms in total. The maximum absolute atomic E-state index is 10.00. The van der Waals surface area contributed by atoms with Gasteiger partial charge in [0.05, 0.1) is 5.60 Å². The van der Waals surface area contributed by atoms with Crippen LogP contribution in [-0.4, -0.2) is 24.7 Å². The van der Waals surface area contributed by atoms with Crippen LogP contribution < -0.4 is 10.6 Å². The van der Waals surface area contributed by atoms with Crippen LogP contribution in [0.3, 0.4) is 0 Å². The molecule has 0 aliphatic carbocycles. The van der Waals surface area contributed by atoms with E-state index in [1.54, 1.807) is 6.92 Å². The molecule has 3 heteroatoms. The highest BCUT2D eigenvalue weighted by atomic mass is 16.3. The second-order valence-electron chi connectivity index (χ2n) is 4.20. The molecule has 90 valence electrons. The number of nitrogens with zero attached hydrogens (tertiary/aromatic N) is 1. The molecule has 0 heterocycles. The molecule has 1 unspecified atom stereocenters. The Morgan fingerprint density at radius 1 is 1.19 bits per heavy atom. The lowest BCUT2D eigenvalue weighted by Gasteiger charge is -2.24. The van der Waals surface area contributed by atoms with E-state index in [2.05, 4.69) is 18.7 Å². The van der Waals surface area contributed by atoms with Crippen molar-refractivity contribution in [2.24, 2.45) is 5.73 Å². The van der Waals surface area contributed by atoms with E-state index in [1.165, 1.54) is 5.69 Å². The van der Waals surface area contributed by atoms with Crippen molar-refractivity contribution >= 4 is 5.69 Å². The van der Waals surface area contributed by atoms with Gasteiger partial charge in [-0.2, -0.15) is 0 Å². The predicted octanol–water partition coefficient (Wildman–Crippen LogP) is 1.70. The Labute approximate surface area is 97.9 Å². The molecule has 0 fully saturated rings. The normalized spacial score (nSPS) is 14.6. The molecule has 0 spiro atoms. The Hall–Kier alpha value is -1.06. The zero-order valence-electron chi connectivity index (χ0n) is 10.4. The monoisotopic (exact) mass is 222 g/mol. The summed E-state index contributed by atoms with van der Waals surface area (Å²) in [7, 11) is 0. The average molecular weight is 222 g/mol. The summed E-state index contributed by atoms with van der Waals surface area (Å²) in [6, 6.07) is 7.96. The van der Waals surface area contributed by atoms with Crippen LogP contribution in [0.5, 0.6) is 0 Å². The lowest BCUT2D eigenvalue weighted by atomic mass is 9.96. The van der Waals surface area contributed by atoms with Crippen molar-refractivity contribution in [3.63, 3.8) is 0 Å². The van der Waals surface area contributed by atoms with Gasteiger partial charge in [0.1, 0.15) is 0 Å². The van der Waals surface area contributed by atoms with Gasteiger partial charge in [0.2, 0.25) is 0 Å². The largest absolute Gasteiger partial charge is 0.384 e. The summed E-state index contributed by atoms with van der Waals surface area (Å²) in [6.07, 6.45) is 0. The van der Waals surface area contributed by atoms with Gasteiger partial charge >= 0.3 is 0 Å². The van der Waals surface area contributed by atoms with Gasteiger partial charge in [0.15, 0.2) is 0 Å². The summed E-state index contributed by atoms with van der Waals surface area (Å²) in [5, 5.41) is 10.00. The van der Waals surface area contributed by atoms with Crippen LogP contribution in [0.25, 0.3) is 0 Å². The van der Waals surface area contributed by atoms with Crippen molar-refractivity contribution in [2.75, 3.05) is 24.5 Å². The number of hydrogen-bond acceptors (Lipinski definition) is 3. The zero-order chi connectivity index (χ0) is 12.2. The van der Waals surface area contributed by atoms with Crippen molar-refractivity contribution in [3.05, 3.63) is 29.8 Å². The summed E-state index contributed by atoms with van der Waals surface area (Å²) < 4.78 is 0. The number of hydrogen-bond donors (Lipinski definition) is 2. The maximum Gasteiger partial charge on any atom is 0.0990 e. The van der Waals surface area contributed by atoms with Crippen LogP contribution in [-0.2, 0) is 5.60 Å². The maximum atomic E-state index is 10.00. The summed E-state index contributed by atoms with van der Waals surface area (Å²) in [5.74, 6) is 0. The van der Waals surface area contributed by atoms with E-state index in [9.17, 15) is 5.11 Å². The Bertz CT molecular complexity index is 315. The molecule has 1 rings (SSSR count). The van der Waals surface area contributed by atoms with Gasteiger partial charge in [-0.05, 0) is 38.5 Å². The first-order valence-electron chi connectivity index (χ1n) is 5.83. The number of aliphatic hydroxyl groups is 1. The fourth-order valence-electron chi connectivity index (χ4n) is 1.74. The molecule has 0 aromatic heterocycles. The second-order valence-corrected chi connectivity index (χ2v) is 4.20. The van der Waals surface area contributed by atoms with Crippen LogP contribution in [0.15, 0.2) is 24.3 Å². The average Bonchev–Trinajstić information content (AvgIpc) is 2.31. The van der Waals surface area contributed by atoms with Crippen molar-refractivity contribution in [2.45, 2.75) is 26.4 Å². The topological polar surface area (TPSA) is 49.5 Å². The molecular weight excluding hydrogens is 200 g/mol. The molecule has 1 atom stereocenters. The fourth-order valence-corrected chi connectivity index (χ4v) is 1.74. The number of anilines is 1. The van der Waals surface area contributed by atoms with Crippen molar-refractivity contribution in [3.8, 4) is 0 Å². The molecule has 0 saturated carbocycles. The number of benzene rings is 1. The van der Waals surface area contributed by atoms with E-state index in [0.29, 0.717) is 0 Å². The van der Waals surface area contributed by atoms with Gasteiger partial charge in [0, 0.05) is 25.3 Å². The van der Waals surface area contributed by atoms with E-state index >= 15 is 0 Å². The molecule has 1 aromatic rings. The highest BCUT2D eigenvalue weighted by molar-refractivity contribution is 5.48. The minimum atomic E-state index is -0.929. The highest BCUT2D eigenvalue weighted by Crippen LogP contribution is 2.22. The molecule has 1 aromatic carbocycles. The van der Waals surface area contributed by atoms with E-state index in [-0.39, 0.29) is 6.54 Å². The van der Waals surface area contributed by atoms with Crippen molar-refractivity contribution in [1.82, 2.24) is 0 Å². The van der Waals surface area contributed by atoms with Crippen LogP contribution in [0.4, 0.5) is 5.69 Å². The molecule has 0 saturated heterocycles. The van der Waals surface area contributed by atoms with Gasteiger partial charge in [-0.3, -0.25) is 0 Å². The SMILES string of the molecule is CCN(CC)c1ccc(C(C)(O)CN)cc1. The highest BCUT2D eigenvalue weighted by Gasteiger charge is 2.20. The van der Waals surface area contributed by atoms with E-state index in [1.807, 2.05) is 24.3 Å². The predicted molar refractivity (Wildman–Crippen MR) is 68.6 cm³/mol. The smallest absolute Gasteiger partial charge is 0.0990 e. The number of nitrogens with two attached hydrogens (primary N) is 1. The Morgan fingerprint density at radius 3 is 2.06 bits per heavy atom. The molecule has 0 bridgehead atoms. The van der Waals surface area contributed by atoms with Gasteiger partial charge in [-0.25, -0.2) is 0 Å². The van der Waals surface area contributed by atoms with E-state index in [4.69, 9.17) is 5.73 Å². The van der Waals surface area contributed by atoms with Gasteiger partial charge in [0.25, 0.3) is 0 Å². The first kappa shape index (κ1) is 13.0. The minimum absolute atomic E-state index is 0.234. The molecule has 0 radical (unpaired) electrons. The molecule has 0 aliphatic heterocycles. The summed E-state index contributed by atoms with van der Waals surface area (Å²) in [5.41, 5.74) is 6.65. The Kier molecular flexibility index (Phi) is 4.33. The second kappa shape index (κ2) is 5.32.